The molecule has 0 aromatic carbocycles. The summed E-state index contributed by atoms with van der Waals surface area (Å²) in [6, 6.07) is 0. The monoisotopic (exact) mass is 143 g/mol. The third-order valence-corrected chi connectivity index (χ3v) is 1.25. The predicted molar refractivity (Wildman–Crippen MR) is 39.3 cm³/mol. The van der Waals surface area contributed by atoms with Crippen molar-refractivity contribution in [1.29, 1.82) is 0 Å². The van der Waals surface area contributed by atoms with Crippen LogP contribution < -0.4 is 0 Å². The lowest BCUT2D eigenvalue weighted by Gasteiger charge is -2.19. The molecule has 3 heteroatoms. The molecule has 0 heterocycles. The smallest absolute Gasteiger partial charge is 0.250 e. The van der Waals surface area contributed by atoms with Crippen molar-refractivity contribution in [2.75, 3.05) is 7.05 Å². The molecule has 0 saturated carbocycles. The third-order valence-electron chi connectivity index (χ3n) is 1.25. The largest absolute Gasteiger partial charge is 0.374 e. The van der Waals surface area contributed by atoms with Gasteiger partial charge in [-0.1, -0.05) is 6.58 Å². The molecule has 58 valence electrons. The maximum absolute atomic E-state index is 11.0. The molecule has 0 rings (SSSR count). The summed E-state index contributed by atoms with van der Waals surface area (Å²) < 4.78 is 0. The van der Waals surface area contributed by atoms with Gasteiger partial charge in [0.25, 0.3) is 5.91 Å². The highest BCUT2D eigenvalue weighted by Gasteiger charge is 2.12. The highest BCUT2D eigenvalue weighted by molar-refractivity contribution is 5.92. The Morgan fingerprint density at radius 1 is 1.70 bits per heavy atom. The molecule has 1 unspecified atom stereocenters. The Kier molecular flexibility index (Phi) is 3.09. The Morgan fingerprint density at radius 3 is 2.20 bits per heavy atom. The van der Waals surface area contributed by atoms with Gasteiger partial charge in [0.15, 0.2) is 0 Å². The summed E-state index contributed by atoms with van der Waals surface area (Å²) in [6.07, 6.45) is -0.746. The molecule has 1 N–H and O–H groups in total. The number of aliphatic hydroxyl groups is 1. The summed E-state index contributed by atoms with van der Waals surface area (Å²) in [4.78, 5) is 12.2. The number of rotatable bonds is 2. The minimum Gasteiger partial charge on any atom is -0.374 e. The van der Waals surface area contributed by atoms with E-state index in [1.807, 2.05) is 0 Å². The molecule has 0 saturated heterocycles. The molecular weight excluding hydrogens is 130 g/mol. The quantitative estimate of drug-likeness (QED) is 0.448. The highest BCUT2D eigenvalue weighted by Crippen LogP contribution is 1.98. The lowest BCUT2D eigenvalue weighted by atomic mass is 10.3. The molecule has 0 spiro atoms. The van der Waals surface area contributed by atoms with Gasteiger partial charge in [0.1, 0.15) is 6.23 Å². The topological polar surface area (TPSA) is 40.5 Å². The minimum atomic E-state index is -0.746. The van der Waals surface area contributed by atoms with Gasteiger partial charge in [-0.15, -0.1) is 0 Å². The van der Waals surface area contributed by atoms with E-state index in [0.29, 0.717) is 5.57 Å². The van der Waals surface area contributed by atoms with E-state index in [1.165, 1.54) is 18.9 Å². The van der Waals surface area contributed by atoms with E-state index in [9.17, 15) is 4.79 Å². The molecule has 0 radical (unpaired) electrons. The summed E-state index contributed by atoms with van der Waals surface area (Å²) >= 11 is 0. The Labute approximate surface area is 61.0 Å². The van der Waals surface area contributed by atoms with Gasteiger partial charge in [-0.05, 0) is 13.8 Å². The van der Waals surface area contributed by atoms with Crippen LogP contribution in [0.3, 0.4) is 0 Å². The SMILES string of the molecule is C=C(C)C(=O)N(C)C(C)O. The molecule has 3 nitrogen and oxygen atoms in total. The number of hydrogen-bond acceptors (Lipinski definition) is 2. The zero-order chi connectivity index (χ0) is 8.31. The maximum atomic E-state index is 11.0. The van der Waals surface area contributed by atoms with Gasteiger partial charge in [0.2, 0.25) is 0 Å². The van der Waals surface area contributed by atoms with Gasteiger partial charge in [0, 0.05) is 12.6 Å². The number of likely N-dealkylation sites (N-methyl/N-ethyl adjacent to an activating group) is 1. The van der Waals surface area contributed by atoms with E-state index in [4.69, 9.17) is 5.11 Å². The molecule has 0 aliphatic heterocycles. The lowest BCUT2D eigenvalue weighted by Crippen LogP contribution is -2.34. The lowest BCUT2D eigenvalue weighted by molar-refractivity contribution is -0.133. The van der Waals surface area contributed by atoms with E-state index >= 15 is 0 Å². The van der Waals surface area contributed by atoms with Crippen LogP contribution in [0.1, 0.15) is 13.8 Å². The molecule has 1 atom stereocenters. The number of hydrogen-bond donors (Lipinski definition) is 1. The van der Waals surface area contributed by atoms with Crippen LogP contribution in [-0.2, 0) is 4.79 Å². The van der Waals surface area contributed by atoms with Gasteiger partial charge < -0.3 is 10.0 Å². The van der Waals surface area contributed by atoms with Crippen LogP contribution in [0, 0.1) is 0 Å². The second kappa shape index (κ2) is 3.37. The molecule has 0 bridgehead atoms. The van der Waals surface area contributed by atoms with Crippen LogP contribution in [0.2, 0.25) is 0 Å². The van der Waals surface area contributed by atoms with Crippen molar-refractivity contribution < 1.29 is 9.90 Å². The highest BCUT2D eigenvalue weighted by atomic mass is 16.3. The van der Waals surface area contributed by atoms with Crippen LogP contribution in [0.25, 0.3) is 0 Å². The van der Waals surface area contributed by atoms with E-state index < -0.39 is 6.23 Å². The van der Waals surface area contributed by atoms with E-state index in [-0.39, 0.29) is 5.91 Å². The second-order valence-corrected chi connectivity index (χ2v) is 2.33. The third kappa shape index (κ3) is 2.19. The van der Waals surface area contributed by atoms with Gasteiger partial charge >= 0.3 is 0 Å². The molecule has 0 fully saturated rings. The van der Waals surface area contributed by atoms with Crippen LogP contribution in [-0.4, -0.2) is 29.2 Å². The van der Waals surface area contributed by atoms with Gasteiger partial charge in [-0.3, -0.25) is 4.79 Å². The van der Waals surface area contributed by atoms with Crippen molar-refractivity contribution in [1.82, 2.24) is 4.90 Å². The second-order valence-electron chi connectivity index (χ2n) is 2.33. The van der Waals surface area contributed by atoms with Crippen molar-refractivity contribution in [3.63, 3.8) is 0 Å². The van der Waals surface area contributed by atoms with Crippen LogP contribution in [0.15, 0.2) is 12.2 Å². The molecular formula is C7H13NO2. The zero-order valence-corrected chi connectivity index (χ0v) is 6.59. The molecule has 0 aliphatic carbocycles. The van der Waals surface area contributed by atoms with Crippen molar-refractivity contribution in [2.24, 2.45) is 0 Å². The number of carbonyl (C=O) groups is 1. The van der Waals surface area contributed by atoms with Gasteiger partial charge in [-0.2, -0.15) is 0 Å². The first-order valence-electron chi connectivity index (χ1n) is 3.07. The first-order chi connectivity index (χ1) is 4.46. The fourth-order valence-electron chi connectivity index (χ4n) is 0.471. The van der Waals surface area contributed by atoms with Crippen molar-refractivity contribution >= 4 is 5.91 Å². The van der Waals surface area contributed by atoms with E-state index in [1.54, 1.807) is 6.92 Å². The fourth-order valence-corrected chi connectivity index (χ4v) is 0.471. The molecule has 10 heavy (non-hydrogen) atoms. The van der Waals surface area contributed by atoms with Crippen LogP contribution in [0.4, 0.5) is 0 Å². The molecule has 0 aliphatic rings. The zero-order valence-electron chi connectivity index (χ0n) is 6.59. The summed E-state index contributed by atoms with van der Waals surface area (Å²) in [7, 11) is 1.53. The Balaban J connectivity index is 4.08. The Hall–Kier alpha value is -0.830. The fraction of sp³-hybridized carbons (Fsp3) is 0.571. The van der Waals surface area contributed by atoms with E-state index in [0.717, 1.165) is 0 Å². The Bertz CT molecular complexity index is 152. The average molecular weight is 143 g/mol. The summed E-state index contributed by atoms with van der Waals surface area (Å²) in [5.74, 6) is -0.227. The predicted octanol–water partition coefficient (Wildman–Crippen LogP) is 0.359. The van der Waals surface area contributed by atoms with Crippen LogP contribution >= 0.6 is 0 Å². The van der Waals surface area contributed by atoms with Crippen molar-refractivity contribution in [3.05, 3.63) is 12.2 Å². The molecule has 0 aromatic rings. The minimum absolute atomic E-state index is 0.227. The number of nitrogens with zero attached hydrogens (tertiary/aromatic N) is 1. The maximum Gasteiger partial charge on any atom is 0.250 e. The van der Waals surface area contributed by atoms with Gasteiger partial charge in [-0.25, -0.2) is 0 Å². The van der Waals surface area contributed by atoms with E-state index in [2.05, 4.69) is 6.58 Å². The van der Waals surface area contributed by atoms with Crippen molar-refractivity contribution in [2.45, 2.75) is 20.1 Å². The number of aliphatic hydroxyl groups excluding tert-OH is 1. The standard InChI is InChI=1S/C7H13NO2/c1-5(2)7(10)8(4)6(3)9/h6,9H,1H2,2-4H3. The average Bonchev–Trinajstić information content (AvgIpc) is 1.84. The summed E-state index contributed by atoms with van der Waals surface area (Å²) in [5.41, 5.74) is 0.434. The molecule has 0 aromatic heterocycles. The first kappa shape index (κ1) is 9.17. The Morgan fingerprint density at radius 2 is 2.10 bits per heavy atom. The molecule has 1 amide bonds. The van der Waals surface area contributed by atoms with Gasteiger partial charge in [0.05, 0.1) is 0 Å². The van der Waals surface area contributed by atoms with Crippen molar-refractivity contribution in [3.8, 4) is 0 Å². The number of carbonyl (C=O) groups excluding carboxylic acids is 1. The normalized spacial score (nSPS) is 12.4. The summed E-state index contributed by atoms with van der Waals surface area (Å²) in [5, 5.41) is 8.90. The van der Waals surface area contributed by atoms with Crippen LogP contribution in [0.5, 0.6) is 0 Å². The number of amides is 1. The summed E-state index contributed by atoms with van der Waals surface area (Å²) in [6.45, 7) is 6.60. The first-order valence-corrected chi connectivity index (χ1v) is 3.07.